The minimum atomic E-state index is -3.69. The summed E-state index contributed by atoms with van der Waals surface area (Å²) in [6.45, 7) is 3.26. The molecular weight excluding hydrogens is 520 g/mol. The molecule has 0 aromatic carbocycles. The van der Waals surface area contributed by atoms with E-state index in [2.05, 4.69) is 17.3 Å². The highest BCUT2D eigenvalue weighted by Crippen LogP contribution is 2.54. The van der Waals surface area contributed by atoms with Gasteiger partial charge in [-0.1, -0.05) is 39.0 Å². The first kappa shape index (κ1) is 29.0. The van der Waals surface area contributed by atoms with Gasteiger partial charge in [0.05, 0.1) is 17.1 Å². The van der Waals surface area contributed by atoms with Crippen LogP contribution in [0.4, 0.5) is 14.5 Å². The molecule has 1 saturated heterocycles. The molecule has 1 aromatic heterocycles. The predicted octanol–water partition coefficient (Wildman–Crippen LogP) is 5.73. The zero-order valence-electron chi connectivity index (χ0n) is 23.6. The number of halogens is 2. The normalized spacial score (nSPS) is 39.0. The molecule has 39 heavy (non-hydrogen) atoms. The maximum Gasteiger partial charge on any atom is 0.217 e. The van der Waals surface area contributed by atoms with Crippen molar-refractivity contribution < 1.29 is 17.2 Å². The number of anilines is 1. The Morgan fingerprint density at radius 3 is 2.56 bits per heavy atom. The Bertz CT molecular complexity index is 1090. The fourth-order valence-corrected chi connectivity index (χ4v) is 10.6. The van der Waals surface area contributed by atoms with Gasteiger partial charge >= 0.3 is 0 Å². The number of rotatable bonds is 8. The van der Waals surface area contributed by atoms with Crippen molar-refractivity contribution in [2.75, 3.05) is 18.4 Å². The van der Waals surface area contributed by atoms with Gasteiger partial charge in [-0.25, -0.2) is 21.5 Å². The lowest BCUT2D eigenvalue weighted by atomic mass is 9.57. The average molecular weight is 568 g/mol. The fourth-order valence-electron chi connectivity index (χ4n) is 8.53. The van der Waals surface area contributed by atoms with E-state index >= 15 is 0 Å². The number of nitrogens with zero attached hydrogens (tertiary/aromatic N) is 3. The van der Waals surface area contributed by atoms with Crippen LogP contribution in [0.5, 0.6) is 0 Å². The Morgan fingerprint density at radius 2 is 1.90 bits per heavy atom. The summed E-state index contributed by atoms with van der Waals surface area (Å²) in [4.78, 5) is 0. The maximum absolute atomic E-state index is 14.2. The summed E-state index contributed by atoms with van der Waals surface area (Å²) in [6.07, 6.45) is 11.9. The van der Waals surface area contributed by atoms with E-state index in [1.54, 1.807) is 15.2 Å². The third-order valence-corrected chi connectivity index (χ3v) is 12.9. The lowest BCUT2D eigenvalue weighted by Gasteiger charge is -2.49. The summed E-state index contributed by atoms with van der Waals surface area (Å²) in [7, 11) is -1.80. The summed E-state index contributed by atoms with van der Waals surface area (Å²) < 4.78 is 59.0. The van der Waals surface area contributed by atoms with Gasteiger partial charge in [0.1, 0.15) is 12.3 Å². The molecule has 0 spiro atoms. The molecule has 4 fully saturated rings. The molecule has 4 aliphatic rings. The molecule has 0 radical (unpaired) electrons. The van der Waals surface area contributed by atoms with Crippen molar-refractivity contribution in [2.24, 2.45) is 36.1 Å². The molecule has 2 N–H and O–H groups in total. The van der Waals surface area contributed by atoms with Crippen LogP contribution >= 0.6 is 0 Å². The molecule has 7 nitrogen and oxygen atoms in total. The van der Waals surface area contributed by atoms with Crippen molar-refractivity contribution in [3.05, 3.63) is 12.4 Å². The summed E-state index contributed by atoms with van der Waals surface area (Å²) in [5.74, 6) is 1.36. The van der Waals surface area contributed by atoms with Crippen LogP contribution in [0.3, 0.4) is 0 Å². The predicted molar refractivity (Wildman–Crippen MR) is 151 cm³/mol. The highest BCUT2D eigenvalue weighted by molar-refractivity contribution is 7.89. The summed E-state index contributed by atoms with van der Waals surface area (Å²) in [5, 5.41) is 15.4. The van der Waals surface area contributed by atoms with Crippen molar-refractivity contribution in [1.29, 1.82) is 5.41 Å². The van der Waals surface area contributed by atoms with Gasteiger partial charge in [-0.2, -0.15) is 5.10 Å². The Labute approximate surface area is 233 Å². The second kappa shape index (κ2) is 11.7. The van der Waals surface area contributed by atoms with Crippen LogP contribution in [0.2, 0.25) is 0 Å². The lowest BCUT2D eigenvalue weighted by molar-refractivity contribution is 0.0371. The van der Waals surface area contributed by atoms with Crippen LogP contribution in [-0.4, -0.2) is 65.4 Å². The van der Waals surface area contributed by atoms with Crippen molar-refractivity contribution in [3.63, 3.8) is 0 Å². The highest BCUT2D eigenvalue weighted by atomic mass is 32.2. The van der Waals surface area contributed by atoms with Gasteiger partial charge in [0.15, 0.2) is 0 Å². The quantitative estimate of drug-likeness (QED) is 0.393. The van der Waals surface area contributed by atoms with E-state index in [-0.39, 0.29) is 36.6 Å². The van der Waals surface area contributed by atoms with E-state index in [0.29, 0.717) is 30.8 Å². The summed E-state index contributed by atoms with van der Waals surface area (Å²) in [5.41, 5.74) is 0.825. The Hall–Kier alpha value is -1.55. The van der Waals surface area contributed by atoms with Gasteiger partial charge in [-0.15, -0.1) is 0 Å². The molecule has 10 heteroatoms. The lowest BCUT2D eigenvalue weighted by Crippen LogP contribution is -2.49. The van der Waals surface area contributed by atoms with Gasteiger partial charge < -0.3 is 10.7 Å². The minimum absolute atomic E-state index is 0.0158. The van der Waals surface area contributed by atoms with E-state index in [1.165, 1.54) is 32.1 Å². The van der Waals surface area contributed by atoms with E-state index in [9.17, 15) is 17.2 Å². The van der Waals surface area contributed by atoms with Crippen molar-refractivity contribution in [2.45, 2.75) is 108 Å². The van der Waals surface area contributed by atoms with E-state index < -0.39 is 27.6 Å². The number of nitrogens with one attached hydrogen (secondary N) is 2. The van der Waals surface area contributed by atoms with Crippen LogP contribution in [0, 0.1) is 34.5 Å². The summed E-state index contributed by atoms with van der Waals surface area (Å²) >= 11 is 0. The number of hydrogen-bond donors (Lipinski definition) is 2. The van der Waals surface area contributed by atoms with E-state index in [0.717, 1.165) is 31.4 Å². The molecule has 8 unspecified atom stereocenters. The SMILES string of the molecule is CC1CC(Nc2cnn(C)c2)C(C=N)CC1C1(CC2CCCCC2)CCN(S(=O)(=O)C2CCC(F)C(F)C2)C1. The van der Waals surface area contributed by atoms with E-state index in [4.69, 9.17) is 5.41 Å². The number of hydrogen-bond acceptors (Lipinski definition) is 5. The minimum Gasteiger partial charge on any atom is -0.379 e. The zero-order chi connectivity index (χ0) is 27.8. The second-order valence-electron chi connectivity index (χ2n) is 13.2. The van der Waals surface area contributed by atoms with Crippen LogP contribution in [0.25, 0.3) is 0 Å². The smallest absolute Gasteiger partial charge is 0.217 e. The molecule has 220 valence electrons. The first-order valence-corrected chi connectivity index (χ1v) is 16.6. The van der Waals surface area contributed by atoms with Crippen LogP contribution < -0.4 is 5.32 Å². The Balaban J connectivity index is 1.37. The Morgan fingerprint density at radius 1 is 1.13 bits per heavy atom. The van der Waals surface area contributed by atoms with Gasteiger partial charge in [0, 0.05) is 44.5 Å². The summed E-state index contributed by atoms with van der Waals surface area (Å²) in [6, 6.07) is 0.142. The molecule has 0 amide bonds. The third-order valence-electron chi connectivity index (χ3n) is 10.6. The zero-order valence-corrected chi connectivity index (χ0v) is 24.4. The molecule has 8 atom stereocenters. The molecule has 5 rings (SSSR count). The second-order valence-corrected chi connectivity index (χ2v) is 15.4. The molecule has 2 heterocycles. The van der Waals surface area contributed by atoms with Gasteiger partial charge in [-0.05, 0) is 68.1 Å². The van der Waals surface area contributed by atoms with Gasteiger partial charge in [0.2, 0.25) is 10.0 Å². The molecule has 1 aliphatic heterocycles. The molecule has 1 aromatic rings. The molecule has 0 bridgehead atoms. The van der Waals surface area contributed by atoms with E-state index in [1.807, 2.05) is 19.4 Å². The first-order chi connectivity index (χ1) is 18.6. The standard InChI is InChI=1S/C29H47F2N5O2S/c1-20-12-28(34-23-17-33-35(2)18-23)22(16-32)13-25(20)29(15-21-6-4-3-5-7-21)10-11-36(19-29)39(37,38)24-8-9-26(30)27(31)14-24/h16-18,20-22,24-28,32,34H,3-15,19H2,1-2H3. The number of aryl methyl sites for hydroxylation is 1. The molecule has 3 aliphatic carbocycles. The van der Waals surface area contributed by atoms with Gasteiger partial charge in [-0.3, -0.25) is 4.68 Å². The highest BCUT2D eigenvalue weighted by Gasteiger charge is 2.53. The molecule has 3 saturated carbocycles. The third kappa shape index (κ3) is 6.07. The fraction of sp³-hybridized carbons (Fsp3) is 0.862. The Kier molecular flexibility index (Phi) is 8.72. The largest absolute Gasteiger partial charge is 0.379 e. The van der Waals surface area contributed by atoms with Crippen LogP contribution in [-0.2, 0) is 17.1 Å². The maximum atomic E-state index is 14.2. The number of aromatic nitrogens is 2. The van der Waals surface area contributed by atoms with Crippen molar-refractivity contribution in [3.8, 4) is 0 Å². The number of alkyl halides is 2. The topological polar surface area (TPSA) is 91.1 Å². The first-order valence-electron chi connectivity index (χ1n) is 15.1. The van der Waals surface area contributed by atoms with Gasteiger partial charge in [0.25, 0.3) is 0 Å². The molecular formula is C29H47F2N5O2S. The average Bonchev–Trinajstić information content (AvgIpc) is 3.53. The van der Waals surface area contributed by atoms with Crippen molar-refractivity contribution >= 4 is 21.9 Å². The van der Waals surface area contributed by atoms with Crippen molar-refractivity contribution in [1.82, 2.24) is 14.1 Å². The number of sulfonamides is 1. The monoisotopic (exact) mass is 567 g/mol. The van der Waals surface area contributed by atoms with Crippen LogP contribution in [0.15, 0.2) is 12.4 Å². The van der Waals surface area contributed by atoms with Crippen LogP contribution in [0.1, 0.15) is 84.0 Å².